The van der Waals surface area contributed by atoms with Crippen LogP contribution in [0, 0.1) is 0 Å². The van der Waals surface area contributed by atoms with Crippen LogP contribution >= 0.6 is 0 Å². The van der Waals surface area contributed by atoms with Crippen LogP contribution in [0.5, 0.6) is 5.75 Å². The number of amides is 3. The number of rotatable bonds is 7. The zero-order valence-electron chi connectivity index (χ0n) is 13.1. The molecule has 1 heterocycles. The monoisotopic (exact) mass is 333 g/mol. The molecule has 128 valence electrons. The van der Waals surface area contributed by atoms with Gasteiger partial charge in [-0.1, -0.05) is 12.1 Å². The van der Waals surface area contributed by atoms with Crippen molar-refractivity contribution in [1.82, 2.24) is 15.1 Å². The highest BCUT2D eigenvalue weighted by Crippen LogP contribution is 2.17. The van der Waals surface area contributed by atoms with E-state index < -0.39 is 18.0 Å². The Morgan fingerprint density at radius 1 is 1.38 bits per heavy atom. The fourth-order valence-corrected chi connectivity index (χ4v) is 1.98. The summed E-state index contributed by atoms with van der Waals surface area (Å²) in [5.41, 5.74) is 6.12. The van der Waals surface area contributed by atoms with E-state index in [9.17, 15) is 14.7 Å². The van der Waals surface area contributed by atoms with Gasteiger partial charge in [0.1, 0.15) is 12.3 Å². The summed E-state index contributed by atoms with van der Waals surface area (Å²) >= 11 is 0. The van der Waals surface area contributed by atoms with Crippen molar-refractivity contribution in [1.29, 1.82) is 0 Å². The minimum Gasteiger partial charge on any atom is -0.497 e. The van der Waals surface area contributed by atoms with Gasteiger partial charge in [0.25, 0.3) is 0 Å². The number of nitrogens with two attached hydrogens (primary N) is 1. The number of hydrogen-bond donors (Lipinski definition) is 4. The molecule has 1 aromatic carbocycles. The van der Waals surface area contributed by atoms with Gasteiger partial charge in [0.05, 0.1) is 25.1 Å². The van der Waals surface area contributed by atoms with Crippen LogP contribution in [0.2, 0.25) is 0 Å². The number of nitrogens with one attached hydrogen (secondary N) is 2. The number of carbonyl (C=O) groups excluding carboxylic acids is 2. The van der Waals surface area contributed by atoms with Crippen molar-refractivity contribution in [2.75, 3.05) is 19.0 Å². The summed E-state index contributed by atoms with van der Waals surface area (Å²) in [7, 11) is 1.56. The molecule has 2 rings (SSSR count). The first-order valence-corrected chi connectivity index (χ1v) is 7.15. The predicted octanol–water partition coefficient (Wildman–Crippen LogP) is 0.232. The third-order valence-electron chi connectivity index (χ3n) is 3.17. The molecule has 0 radical (unpaired) electrons. The summed E-state index contributed by atoms with van der Waals surface area (Å²) in [6.07, 6.45) is 2.02. The molecule has 5 N–H and O–H groups in total. The van der Waals surface area contributed by atoms with Gasteiger partial charge in [-0.05, 0) is 17.7 Å². The second-order valence-corrected chi connectivity index (χ2v) is 5.02. The second-order valence-electron chi connectivity index (χ2n) is 5.02. The summed E-state index contributed by atoms with van der Waals surface area (Å²) in [6.45, 7) is -0.0347. The molecule has 0 saturated carbocycles. The molecule has 0 spiro atoms. The molecular weight excluding hydrogens is 314 g/mol. The molecule has 0 bridgehead atoms. The predicted molar refractivity (Wildman–Crippen MR) is 86.4 cm³/mol. The number of nitrogens with zero attached hydrogens (tertiary/aromatic N) is 2. The van der Waals surface area contributed by atoms with Gasteiger partial charge in [0.2, 0.25) is 5.91 Å². The van der Waals surface area contributed by atoms with E-state index >= 15 is 0 Å². The quantitative estimate of drug-likeness (QED) is 0.576. The van der Waals surface area contributed by atoms with Crippen LogP contribution in [0.1, 0.15) is 11.7 Å². The van der Waals surface area contributed by atoms with E-state index in [1.54, 1.807) is 31.4 Å². The minimum absolute atomic E-state index is 0.0353. The van der Waals surface area contributed by atoms with Gasteiger partial charge in [0.15, 0.2) is 0 Å². The Bertz CT molecular complexity index is 698. The molecule has 0 saturated heterocycles. The first-order valence-electron chi connectivity index (χ1n) is 7.15. The van der Waals surface area contributed by atoms with Gasteiger partial charge >= 0.3 is 6.03 Å². The van der Waals surface area contributed by atoms with Crippen molar-refractivity contribution in [3.05, 3.63) is 42.2 Å². The Balaban J connectivity index is 1.81. The van der Waals surface area contributed by atoms with Crippen LogP contribution in [0.3, 0.4) is 0 Å². The first-order chi connectivity index (χ1) is 11.5. The first kappa shape index (κ1) is 17.3. The van der Waals surface area contributed by atoms with Crippen LogP contribution < -0.4 is 21.1 Å². The number of aliphatic hydroxyl groups excluding tert-OH is 1. The number of ether oxygens (including phenoxy) is 1. The molecular formula is C15H19N5O4. The van der Waals surface area contributed by atoms with Gasteiger partial charge in [0, 0.05) is 12.7 Å². The molecule has 1 aromatic heterocycles. The number of aromatic nitrogens is 2. The van der Waals surface area contributed by atoms with Gasteiger partial charge in [-0.25, -0.2) is 4.79 Å². The Morgan fingerprint density at radius 2 is 2.08 bits per heavy atom. The van der Waals surface area contributed by atoms with Crippen molar-refractivity contribution in [3.8, 4) is 5.75 Å². The van der Waals surface area contributed by atoms with Gasteiger partial charge in [-0.15, -0.1) is 0 Å². The Labute approximate surface area is 138 Å². The number of anilines is 1. The Hall–Kier alpha value is -3.07. The Kier molecular flexibility index (Phi) is 5.74. The summed E-state index contributed by atoms with van der Waals surface area (Å²) in [6, 6.07) is 6.40. The molecule has 0 aliphatic rings. The topological polar surface area (TPSA) is 132 Å². The van der Waals surface area contributed by atoms with Crippen LogP contribution in [0.4, 0.5) is 10.5 Å². The maximum Gasteiger partial charge on any atom is 0.319 e. The second kappa shape index (κ2) is 7.97. The smallest absolute Gasteiger partial charge is 0.319 e. The van der Waals surface area contributed by atoms with E-state index in [1.807, 2.05) is 0 Å². The van der Waals surface area contributed by atoms with E-state index in [1.165, 1.54) is 17.1 Å². The van der Waals surface area contributed by atoms with E-state index in [0.717, 1.165) is 0 Å². The number of benzene rings is 1. The van der Waals surface area contributed by atoms with Gasteiger partial charge < -0.3 is 26.2 Å². The van der Waals surface area contributed by atoms with Crippen LogP contribution in [-0.2, 0) is 11.3 Å². The van der Waals surface area contributed by atoms with E-state index in [4.69, 9.17) is 10.5 Å². The van der Waals surface area contributed by atoms with Crippen LogP contribution in [-0.4, -0.2) is 40.5 Å². The number of methoxy groups -OCH3 is 1. The van der Waals surface area contributed by atoms with Crippen molar-refractivity contribution in [3.63, 3.8) is 0 Å². The molecule has 0 unspecified atom stereocenters. The van der Waals surface area contributed by atoms with Gasteiger partial charge in [-0.3, -0.25) is 9.48 Å². The lowest BCUT2D eigenvalue weighted by Gasteiger charge is -2.13. The molecule has 9 heteroatoms. The normalized spacial score (nSPS) is 11.6. The highest BCUT2D eigenvalue weighted by Gasteiger charge is 2.10. The molecule has 0 aliphatic carbocycles. The highest BCUT2D eigenvalue weighted by atomic mass is 16.5. The maximum absolute atomic E-state index is 11.8. The number of hydrogen-bond acceptors (Lipinski definition) is 5. The van der Waals surface area contributed by atoms with Crippen molar-refractivity contribution >= 4 is 17.6 Å². The van der Waals surface area contributed by atoms with Crippen LogP contribution in [0.15, 0.2) is 36.7 Å². The van der Waals surface area contributed by atoms with Crippen molar-refractivity contribution < 1.29 is 19.4 Å². The van der Waals surface area contributed by atoms with Crippen molar-refractivity contribution in [2.24, 2.45) is 5.73 Å². The van der Waals surface area contributed by atoms with Crippen LogP contribution in [0.25, 0.3) is 0 Å². The fourth-order valence-electron chi connectivity index (χ4n) is 1.98. The Morgan fingerprint density at radius 3 is 2.71 bits per heavy atom. The van der Waals surface area contributed by atoms with Gasteiger partial charge in [-0.2, -0.15) is 5.10 Å². The molecule has 24 heavy (non-hydrogen) atoms. The van der Waals surface area contributed by atoms with E-state index in [0.29, 0.717) is 17.0 Å². The van der Waals surface area contributed by atoms with E-state index in [-0.39, 0.29) is 13.1 Å². The zero-order chi connectivity index (χ0) is 17.5. The molecule has 2 aromatic rings. The molecule has 3 amide bonds. The molecule has 0 fully saturated rings. The maximum atomic E-state index is 11.8. The average Bonchev–Trinajstić information content (AvgIpc) is 2.98. The zero-order valence-corrected chi connectivity index (χ0v) is 13.1. The number of carbonyl (C=O) groups is 2. The average molecular weight is 333 g/mol. The molecule has 9 nitrogen and oxygen atoms in total. The molecule has 0 aliphatic heterocycles. The fraction of sp³-hybridized carbons (Fsp3) is 0.267. The SMILES string of the molecule is COc1ccc([C@H](O)CNC(=O)Nc2cnn(CC(N)=O)c2)cc1. The van der Waals surface area contributed by atoms with Crippen molar-refractivity contribution in [2.45, 2.75) is 12.6 Å². The summed E-state index contributed by atoms with van der Waals surface area (Å²) in [5.74, 6) is 0.154. The summed E-state index contributed by atoms with van der Waals surface area (Å²) < 4.78 is 6.35. The lowest BCUT2D eigenvalue weighted by atomic mass is 10.1. The largest absolute Gasteiger partial charge is 0.497 e. The molecule has 1 atom stereocenters. The lowest BCUT2D eigenvalue weighted by molar-refractivity contribution is -0.118. The van der Waals surface area contributed by atoms with E-state index in [2.05, 4.69) is 15.7 Å². The summed E-state index contributed by atoms with van der Waals surface area (Å²) in [4.78, 5) is 22.6. The lowest BCUT2D eigenvalue weighted by Crippen LogP contribution is -2.32. The number of aliphatic hydroxyl groups is 1. The summed E-state index contributed by atoms with van der Waals surface area (Å²) in [5, 5.41) is 19.0. The number of primary amides is 1. The third kappa shape index (κ3) is 4.99. The highest BCUT2D eigenvalue weighted by molar-refractivity contribution is 5.88. The minimum atomic E-state index is -0.848. The third-order valence-corrected chi connectivity index (χ3v) is 3.17. The standard InChI is InChI=1S/C15H19N5O4/c1-24-12-4-2-10(3-5-12)13(21)7-17-15(23)19-11-6-18-20(8-11)9-14(16)22/h2-6,8,13,21H,7,9H2,1H3,(H2,16,22)(H2,17,19,23)/t13-/m1/s1. The number of urea groups is 1.